The summed E-state index contributed by atoms with van der Waals surface area (Å²) in [5.74, 6) is 0.0584. The van der Waals surface area contributed by atoms with E-state index in [1.54, 1.807) is 18.5 Å². The summed E-state index contributed by atoms with van der Waals surface area (Å²) in [7, 11) is 0. The SMILES string of the molecule is CCC(=O)c1cc2ccoc2cn1. The second-order valence-electron chi connectivity index (χ2n) is 2.80. The smallest absolute Gasteiger partial charge is 0.180 e. The molecule has 0 unspecified atom stereocenters. The van der Waals surface area contributed by atoms with Gasteiger partial charge in [-0.1, -0.05) is 6.92 Å². The number of nitrogens with zero attached hydrogens (tertiary/aromatic N) is 1. The summed E-state index contributed by atoms with van der Waals surface area (Å²) in [5.41, 5.74) is 1.23. The van der Waals surface area contributed by atoms with Gasteiger partial charge in [-0.15, -0.1) is 0 Å². The molecule has 0 aliphatic rings. The number of hydrogen-bond donors (Lipinski definition) is 0. The van der Waals surface area contributed by atoms with Gasteiger partial charge < -0.3 is 4.42 Å². The first-order valence-corrected chi connectivity index (χ1v) is 4.17. The van der Waals surface area contributed by atoms with Crippen molar-refractivity contribution in [2.75, 3.05) is 0 Å². The number of Topliss-reactive ketones (excluding diaryl/α,β-unsaturated/α-hetero) is 1. The third-order valence-corrected chi connectivity index (χ3v) is 1.95. The van der Waals surface area contributed by atoms with Crippen LogP contribution in [-0.2, 0) is 0 Å². The van der Waals surface area contributed by atoms with Gasteiger partial charge in [-0.05, 0) is 12.1 Å². The molecule has 3 nitrogen and oxygen atoms in total. The predicted octanol–water partition coefficient (Wildman–Crippen LogP) is 2.42. The summed E-state index contributed by atoms with van der Waals surface area (Å²) in [5, 5.41) is 0.923. The van der Waals surface area contributed by atoms with E-state index >= 15 is 0 Å². The largest absolute Gasteiger partial charge is 0.463 e. The minimum absolute atomic E-state index is 0.0584. The molecule has 2 aromatic heterocycles. The Labute approximate surface area is 75.4 Å². The molecule has 0 radical (unpaired) electrons. The number of fused-ring (bicyclic) bond motifs is 1. The summed E-state index contributed by atoms with van der Waals surface area (Å²) in [6.07, 6.45) is 3.65. The average molecular weight is 175 g/mol. The quantitative estimate of drug-likeness (QED) is 0.658. The van der Waals surface area contributed by atoms with Gasteiger partial charge in [0.15, 0.2) is 11.4 Å². The number of furan rings is 1. The van der Waals surface area contributed by atoms with Crippen molar-refractivity contribution in [1.29, 1.82) is 0 Å². The number of carbonyl (C=O) groups excluding carboxylic acids is 1. The summed E-state index contributed by atoms with van der Waals surface area (Å²) < 4.78 is 5.11. The third kappa shape index (κ3) is 1.33. The Kier molecular flexibility index (Phi) is 1.85. The maximum atomic E-state index is 11.3. The zero-order valence-corrected chi connectivity index (χ0v) is 7.28. The molecule has 0 aliphatic heterocycles. The lowest BCUT2D eigenvalue weighted by Crippen LogP contribution is -1.98. The van der Waals surface area contributed by atoms with Crippen molar-refractivity contribution in [3.63, 3.8) is 0 Å². The van der Waals surface area contributed by atoms with E-state index in [1.165, 1.54) is 0 Å². The highest BCUT2D eigenvalue weighted by Crippen LogP contribution is 2.15. The molecular formula is C10H9NO2. The van der Waals surface area contributed by atoms with Gasteiger partial charge in [0.25, 0.3) is 0 Å². The topological polar surface area (TPSA) is 43.1 Å². The Morgan fingerprint density at radius 1 is 1.62 bits per heavy atom. The fourth-order valence-electron chi connectivity index (χ4n) is 1.20. The minimum Gasteiger partial charge on any atom is -0.463 e. The molecule has 0 N–H and O–H groups in total. The van der Waals surface area contributed by atoms with Crippen LogP contribution in [0.15, 0.2) is 29.0 Å². The standard InChI is InChI=1S/C10H9NO2/c1-2-9(12)8-5-7-3-4-13-10(7)6-11-8/h3-6H,2H2,1H3. The molecule has 0 saturated carbocycles. The lowest BCUT2D eigenvalue weighted by molar-refractivity contribution is 0.0983. The van der Waals surface area contributed by atoms with E-state index in [0.29, 0.717) is 17.7 Å². The van der Waals surface area contributed by atoms with E-state index in [1.807, 2.05) is 13.0 Å². The molecule has 0 aromatic carbocycles. The number of carbonyl (C=O) groups is 1. The number of aromatic nitrogens is 1. The summed E-state index contributed by atoms with van der Waals surface area (Å²) in [6.45, 7) is 1.82. The van der Waals surface area contributed by atoms with Crippen LogP contribution >= 0.6 is 0 Å². The van der Waals surface area contributed by atoms with Gasteiger partial charge in [-0.2, -0.15) is 0 Å². The molecule has 2 aromatic rings. The molecule has 0 amide bonds. The van der Waals surface area contributed by atoms with E-state index in [0.717, 1.165) is 5.39 Å². The predicted molar refractivity (Wildman–Crippen MR) is 48.6 cm³/mol. The van der Waals surface area contributed by atoms with Gasteiger partial charge in [0.1, 0.15) is 5.69 Å². The fourth-order valence-corrected chi connectivity index (χ4v) is 1.20. The number of hydrogen-bond acceptors (Lipinski definition) is 3. The lowest BCUT2D eigenvalue weighted by Gasteiger charge is -1.95. The molecule has 3 heteroatoms. The number of rotatable bonds is 2. The number of ketones is 1. The van der Waals surface area contributed by atoms with Crippen LogP contribution in [0.4, 0.5) is 0 Å². The first-order valence-electron chi connectivity index (χ1n) is 4.17. The van der Waals surface area contributed by atoms with Gasteiger partial charge in [-0.3, -0.25) is 4.79 Å². The Morgan fingerprint density at radius 2 is 2.46 bits per heavy atom. The summed E-state index contributed by atoms with van der Waals surface area (Å²) in [6, 6.07) is 3.58. The van der Waals surface area contributed by atoms with E-state index in [4.69, 9.17) is 4.42 Å². The molecule has 13 heavy (non-hydrogen) atoms. The molecule has 0 saturated heterocycles. The van der Waals surface area contributed by atoms with Crippen molar-refractivity contribution in [3.05, 3.63) is 30.3 Å². The van der Waals surface area contributed by atoms with Crippen molar-refractivity contribution < 1.29 is 9.21 Å². The lowest BCUT2D eigenvalue weighted by atomic mass is 10.2. The monoisotopic (exact) mass is 175 g/mol. The van der Waals surface area contributed by atoms with Crippen molar-refractivity contribution in [1.82, 2.24) is 4.98 Å². The molecule has 2 heterocycles. The molecular weight excluding hydrogens is 166 g/mol. The van der Waals surface area contributed by atoms with Gasteiger partial charge in [-0.25, -0.2) is 4.98 Å². The normalized spacial score (nSPS) is 10.5. The van der Waals surface area contributed by atoms with Crippen LogP contribution in [-0.4, -0.2) is 10.8 Å². The fraction of sp³-hybridized carbons (Fsp3) is 0.200. The molecule has 0 atom stereocenters. The molecule has 66 valence electrons. The zero-order chi connectivity index (χ0) is 9.26. The van der Waals surface area contributed by atoms with Crippen molar-refractivity contribution >= 4 is 16.8 Å². The Balaban J connectivity index is 2.54. The maximum absolute atomic E-state index is 11.3. The van der Waals surface area contributed by atoms with Gasteiger partial charge in [0, 0.05) is 11.8 Å². The molecule has 2 rings (SSSR count). The van der Waals surface area contributed by atoms with Gasteiger partial charge in [0.05, 0.1) is 12.5 Å². The van der Waals surface area contributed by atoms with Crippen LogP contribution in [0.2, 0.25) is 0 Å². The zero-order valence-electron chi connectivity index (χ0n) is 7.28. The molecule has 0 fully saturated rings. The van der Waals surface area contributed by atoms with Gasteiger partial charge in [0.2, 0.25) is 0 Å². The first-order chi connectivity index (χ1) is 6.31. The highest BCUT2D eigenvalue weighted by atomic mass is 16.3. The highest BCUT2D eigenvalue weighted by Gasteiger charge is 2.06. The van der Waals surface area contributed by atoms with Crippen LogP contribution in [0.1, 0.15) is 23.8 Å². The Morgan fingerprint density at radius 3 is 3.23 bits per heavy atom. The number of pyridine rings is 1. The maximum Gasteiger partial charge on any atom is 0.180 e. The van der Waals surface area contributed by atoms with E-state index in [-0.39, 0.29) is 5.78 Å². The van der Waals surface area contributed by atoms with Crippen molar-refractivity contribution in [2.45, 2.75) is 13.3 Å². The summed E-state index contributed by atoms with van der Waals surface area (Å²) in [4.78, 5) is 15.3. The van der Waals surface area contributed by atoms with Gasteiger partial charge >= 0.3 is 0 Å². The van der Waals surface area contributed by atoms with Crippen LogP contribution in [0, 0.1) is 0 Å². The molecule has 0 spiro atoms. The van der Waals surface area contributed by atoms with Crippen LogP contribution < -0.4 is 0 Å². The molecule has 0 aliphatic carbocycles. The second kappa shape index (κ2) is 3.01. The first kappa shape index (κ1) is 7.98. The highest BCUT2D eigenvalue weighted by molar-refractivity contribution is 5.96. The van der Waals surface area contributed by atoms with E-state index in [9.17, 15) is 4.79 Å². The van der Waals surface area contributed by atoms with Crippen molar-refractivity contribution in [2.24, 2.45) is 0 Å². The Hall–Kier alpha value is -1.64. The van der Waals surface area contributed by atoms with E-state index < -0.39 is 0 Å². The second-order valence-corrected chi connectivity index (χ2v) is 2.80. The van der Waals surface area contributed by atoms with Crippen LogP contribution in [0.5, 0.6) is 0 Å². The van der Waals surface area contributed by atoms with E-state index in [2.05, 4.69) is 4.98 Å². The third-order valence-electron chi connectivity index (χ3n) is 1.95. The minimum atomic E-state index is 0.0584. The summed E-state index contributed by atoms with van der Waals surface area (Å²) >= 11 is 0. The average Bonchev–Trinajstić information content (AvgIpc) is 2.63. The van der Waals surface area contributed by atoms with Crippen LogP contribution in [0.3, 0.4) is 0 Å². The molecule has 0 bridgehead atoms. The van der Waals surface area contributed by atoms with Crippen molar-refractivity contribution in [3.8, 4) is 0 Å². The Bertz CT molecular complexity index is 445. The van der Waals surface area contributed by atoms with Crippen LogP contribution in [0.25, 0.3) is 11.0 Å².